The van der Waals surface area contributed by atoms with Crippen LogP contribution in [0, 0.1) is 0 Å². The van der Waals surface area contributed by atoms with Crippen LogP contribution < -0.4 is 0 Å². The Morgan fingerprint density at radius 3 is 2.13 bits per heavy atom. The third-order valence-electron chi connectivity index (χ3n) is 3.00. The lowest BCUT2D eigenvalue weighted by atomic mass is 10.2. The minimum Gasteiger partial charge on any atom is -0.417 e. The van der Waals surface area contributed by atoms with Crippen LogP contribution in [0.3, 0.4) is 0 Å². The topological polar surface area (TPSA) is 9.23 Å². The number of allylic oxidation sites excluding steroid dienone is 1. The van der Waals surface area contributed by atoms with Crippen LogP contribution in [0.5, 0.6) is 0 Å². The summed E-state index contributed by atoms with van der Waals surface area (Å²) in [5.74, 6) is 0. The Kier molecular flexibility index (Phi) is 7.37. The van der Waals surface area contributed by atoms with Crippen molar-refractivity contribution in [2.75, 3.05) is 11.0 Å². The summed E-state index contributed by atoms with van der Waals surface area (Å²) in [5.41, 5.74) is 0. The van der Waals surface area contributed by atoms with E-state index in [1.54, 1.807) is 0 Å². The molecule has 0 rings (SSSR count). The summed E-state index contributed by atoms with van der Waals surface area (Å²) >= 11 is 2.40. The molecule has 0 saturated heterocycles. The lowest BCUT2D eigenvalue weighted by Gasteiger charge is -2.36. The molecule has 0 radical (unpaired) electrons. The molecule has 0 aliphatic carbocycles. The Hall–Kier alpha value is 0.647. The van der Waals surface area contributed by atoms with E-state index in [0.717, 1.165) is 13.0 Å². The molecule has 0 heterocycles. The van der Waals surface area contributed by atoms with Gasteiger partial charge in [-0.15, -0.1) is 0 Å². The zero-order chi connectivity index (χ0) is 11.9. The second-order valence-electron chi connectivity index (χ2n) is 5.35. The summed E-state index contributed by atoms with van der Waals surface area (Å²) in [6.45, 7) is 12.3. The van der Waals surface area contributed by atoms with Crippen LogP contribution in [0.4, 0.5) is 0 Å². The first-order chi connectivity index (χ1) is 6.81. The first kappa shape index (κ1) is 15.6. The highest BCUT2D eigenvalue weighted by Crippen LogP contribution is 2.36. The van der Waals surface area contributed by atoms with E-state index in [1.165, 1.54) is 10.8 Å². The molecule has 3 heteroatoms. The Morgan fingerprint density at radius 2 is 1.67 bits per heavy atom. The lowest BCUT2D eigenvalue weighted by molar-refractivity contribution is 0.294. The molecule has 0 aliphatic heterocycles. The smallest absolute Gasteiger partial charge is 0.191 e. The van der Waals surface area contributed by atoms with Crippen LogP contribution in [0.1, 0.15) is 33.6 Å². The lowest BCUT2D eigenvalue weighted by Crippen LogP contribution is -2.40. The molecule has 0 amide bonds. The Bertz CT molecular complexity index is 194. The van der Waals surface area contributed by atoms with Crippen molar-refractivity contribution in [3.8, 4) is 0 Å². The fraction of sp³-hybridized carbons (Fsp3) is 0.833. The first-order valence-corrected chi connectivity index (χ1v) is 10.1. The quantitative estimate of drug-likeness (QED) is 0.222. The third kappa shape index (κ3) is 6.74. The first-order valence-electron chi connectivity index (χ1n) is 5.66. The fourth-order valence-electron chi connectivity index (χ4n) is 0.897. The third-order valence-corrected chi connectivity index (χ3v) is 8.16. The minimum atomic E-state index is -1.51. The summed E-state index contributed by atoms with van der Waals surface area (Å²) in [6, 6.07) is 0. The van der Waals surface area contributed by atoms with Gasteiger partial charge in [0.15, 0.2) is 8.32 Å². The van der Waals surface area contributed by atoms with Crippen LogP contribution in [-0.2, 0) is 4.43 Å². The monoisotopic (exact) mass is 340 g/mol. The molecule has 90 valence electrons. The Labute approximate surface area is 110 Å². The van der Waals surface area contributed by atoms with Crippen molar-refractivity contribution in [2.45, 2.75) is 51.7 Å². The molecular weight excluding hydrogens is 315 g/mol. The summed E-state index contributed by atoms with van der Waals surface area (Å²) in [6.07, 6.45) is 6.73. The van der Waals surface area contributed by atoms with Gasteiger partial charge in [-0.1, -0.05) is 55.5 Å². The van der Waals surface area contributed by atoms with E-state index in [9.17, 15) is 0 Å². The van der Waals surface area contributed by atoms with Gasteiger partial charge in [-0.25, -0.2) is 0 Å². The van der Waals surface area contributed by atoms with Gasteiger partial charge in [0.2, 0.25) is 0 Å². The largest absolute Gasteiger partial charge is 0.417 e. The summed E-state index contributed by atoms with van der Waals surface area (Å²) in [5, 5.41) is 0.332. The van der Waals surface area contributed by atoms with Crippen LogP contribution in [-0.4, -0.2) is 19.4 Å². The molecule has 0 bridgehead atoms. The van der Waals surface area contributed by atoms with E-state index in [2.05, 4.69) is 68.6 Å². The molecule has 15 heavy (non-hydrogen) atoms. The average molecular weight is 340 g/mol. The van der Waals surface area contributed by atoms with E-state index < -0.39 is 8.32 Å². The molecule has 0 atom stereocenters. The fourth-order valence-corrected chi connectivity index (χ4v) is 2.32. The van der Waals surface area contributed by atoms with Gasteiger partial charge in [-0.2, -0.15) is 0 Å². The van der Waals surface area contributed by atoms with Crippen molar-refractivity contribution in [3.05, 3.63) is 12.2 Å². The van der Waals surface area contributed by atoms with Crippen molar-refractivity contribution in [3.63, 3.8) is 0 Å². The predicted octanol–water partition coefficient (Wildman–Crippen LogP) is 4.78. The maximum absolute atomic E-state index is 6.06. The van der Waals surface area contributed by atoms with Crippen LogP contribution >= 0.6 is 22.6 Å². The standard InChI is InChI=1S/C12H25IOSi/c1-12(2,3)15(4,5)14-11-9-7-6-8-10-13/h6-7H,8-11H2,1-5H3/b7-6+. The highest BCUT2D eigenvalue weighted by Gasteiger charge is 2.36. The molecule has 1 nitrogen and oxygen atoms in total. The maximum Gasteiger partial charge on any atom is 0.191 e. The molecular formula is C12H25IOSi. The highest BCUT2D eigenvalue weighted by molar-refractivity contribution is 14.1. The number of rotatable bonds is 6. The van der Waals surface area contributed by atoms with Crippen LogP contribution in [0.25, 0.3) is 0 Å². The van der Waals surface area contributed by atoms with Crippen molar-refractivity contribution in [2.24, 2.45) is 0 Å². The number of halogens is 1. The van der Waals surface area contributed by atoms with Crippen molar-refractivity contribution in [1.82, 2.24) is 0 Å². The van der Waals surface area contributed by atoms with Crippen molar-refractivity contribution in [1.29, 1.82) is 0 Å². The van der Waals surface area contributed by atoms with Crippen molar-refractivity contribution < 1.29 is 4.43 Å². The van der Waals surface area contributed by atoms with Gasteiger partial charge < -0.3 is 4.43 Å². The SMILES string of the molecule is CC(C)(C)[Si](C)(C)OCC/C=C/CCI. The number of hydrogen-bond donors (Lipinski definition) is 0. The maximum atomic E-state index is 6.06. The molecule has 0 aromatic rings. The molecule has 0 saturated carbocycles. The van der Waals surface area contributed by atoms with E-state index in [0.29, 0.717) is 5.04 Å². The van der Waals surface area contributed by atoms with Gasteiger partial charge in [0.1, 0.15) is 0 Å². The van der Waals surface area contributed by atoms with Gasteiger partial charge in [0.25, 0.3) is 0 Å². The normalized spacial score (nSPS) is 13.7. The molecule has 0 N–H and O–H groups in total. The molecule has 0 spiro atoms. The van der Waals surface area contributed by atoms with E-state index in [1.807, 2.05) is 0 Å². The molecule has 0 unspecified atom stereocenters. The van der Waals surface area contributed by atoms with Gasteiger partial charge in [0.05, 0.1) is 0 Å². The average Bonchev–Trinajstić information content (AvgIpc) is 2.09. The van der Waals surface area contributed by atoms with Gasteiger partial charge in [-0.05, 0) is 31.0 Å². The van der Waals surface area contributed by atoms with E-state index >= 15 is 0 Å². The van der Waals surface area contributed by atoms with Crippen molar-refractivity contribution >= 4 is 30.9 Å². The second-order valence-corrected chi connectivity index (χ2v) is 11.2. The molecule has 0 aromatic heterocycles. The van der Waals surface area contributed by atoms with Crippen LogP contribution in [0.15, 0.2) is 12.2 Å². The molecule has 0 fully saturated rings. The predicted molar refractivity (Wildman–Crippen MR) is 80.4 cm³/mol. The zero-order valence-electron chi connectivity index (χ0n) is 10.8. The minimum absolute atomic E-state index is 0.332. The number of alkyl halides is 1. The van der Waals surface area contributed by atoms with E-state index in [-0.39, 0.29) is 0 Å². The highest BCUT2D eigenvalue weighted by atomic mass is 127. The van der Waals surface area contributed by atoms with Gasteiger partial charge in [0, 0.05) is 11.0 Å². The molecule has 0 aromatic carbocycles. The molecule has 0 aliphatic rings. The second kappa shape index (κ2) is 7.07. The Balaban J connectivity index is 3.76. The number of hydrogen-bond acceptors (Lipinski definition) is 1. The Morgan fingerprint density at radius 1 is 1.13 bits per heavy atom. The van der Waals surface area contributed by atoms with Crippen LogP contribution in [0.2, 0.25) is 18.1 Å². The van der Waals surface area contributed by atoms with Gasteiger partial charge in [-0.3, -0.25) is 0 Å². The summed E-state index contributed by atoms with van der Waals surface area (Å²) in [4.78, 5) is 0. The zero-order valence-corrected chi connectivity index (χ0v) is 13.9. The van der Waals surface area contributed by atoms with E-state index in [4.69, 9.17) is 4.43 Å². The summed E-state index contributed by atoms with van der Waals surface area (Å²) in [7, 11) is -1.51. The summed E-state index contributed by atoms with van der Waals surface area (Å²) < 4.78 is 7.27. The van der Waals surface area contributed by atoms with Gasteiger partial charge >= 0.3 is 0 Å².